The number of rotatable bonds is 2. The molecule has 0 radical (unpaired) electrons. The summed E-state index contributed by atoms with van der Waals surface area (Å²) in [6, 6.07) is 0.712. The van der Waals surface area contributed by atoms with Crippen LogP contribution in [0.15, 0.2) is 6.07 Å². The number of carbonyl (C=O) groups is 1. The number of nitrogens with zero attached hydrogens (tertiary/aromatic N) is 1. The summed E-state index contributed by atoms with van der Waals surface area (Å²) in [4.78, 5) is 13.9. The minimum absolute atomic E-state index is 0.0375. The van der Waals surface area contributed by atoms with Gasteiger partial charge in [-0.25, -0.2) is 13.8 Å². The average molecular weight is 335 g/mol. The highest BCUT2D eigenvalue weighted by atomic mass is 127. The Bertz CT molecular complexity index is 385. The Morgan fingerprint density at radius 2 is 2.14 bits per heavy atom. The van der Waals surface area contributed by atoms with Gasteiger partial charge in [0, 0.05) is 0 Å². The van der Waals surface area contributed by atoms with E-state index in [1.165, 1.54) is 0 Å². The zero-order valence-corrected chi connectivity index (χ0v) is 9.31. The fourth-order valence-corrected chi connectivity index (χ4v) is 1.69. The van der Waals surface area contributed by atoms with Crippen LogP contribution < -0.4 is 0 Å². The maximum absolute atomic E-state index is 12.8. The van der Waals surface area contributed by atoms with Gasteiger partial charge in [-0.1, -0.05) is 0 Å². The van der Waals surface area contributed by atoms with Crippen LogP contribution in [0.4, 0.5) is 13.2 Å². The molecule has 0 unspecified atom stereocenters. The van der Waals surface area contributed by atoms with Crippen molar-refractivity contribution in [2.24, 2.45) is 0 Å². The topological polar surface area (TPSA) is 30.0 Å². The summed E-state index contributed by atoms with van der Waals surface area (Å²) in [5, 5.41) is -0.941. The molecule has 0 aliphatic carbocycles. The summed E-state index contributed by atoms with van der Waals surface area (Å²) in [5.41, 5.74) is -1.14. The van der Waals surface area contributed by atoms with E-state index in [4.69, 9.17) is 11.6 Å². The smallest absolute Gasteiger partial charge is 0.268 e. The fourth-order valence-electron chi connectivity index (χ4n) is 0.776. The maximum Gasteiger partial charge on any atom is 0.268 e. The summed E-state index contributed by atoms with van der Waals surface area (Å²) in [5.74, 6) is -1.29. The lowest BCUT2D eigenvalue weighted by atomic mass is 10.2. The molecule has 2 nitrogen and oxygen atoms in total. The van der Waals surface area contributed by atoms with Gasteiger partial charge >= 0.3 is 0 Å². The first-order valence-corrected chi connectivity index (χ1v) is 4.73. The van der Waals surface area contributed by atoms with Gasteiger partial charge in [0.2, 0.25) is 5.95 Å². The minimum atomic E-state index is -3.02. The molecule has 76 valence electrons. The normalized spacial score (nSPS) is 10.7. The second-order valence-electron chi connectivity index (χ2n) is 2.28. The Hall–Kier alpha value is -0.370. The summed E-state index contributed by atoms with van der Waals surface area (Å²) >= 11 is 6.63. The van der Waals surface area contributed by atoms with Gasteiger partial charge in [-0.15, -0.1) is 0 Å². The van der Waals surface area contributed by atoms with Gasteiger partial charge in [-0.2, -0.15) is 4.39 Å². The predicted octanol–water partition coefficient (Wildman–Crippen LogP) is 3.14. The van der Waals surface area contributed by atoms with E-state index in [0.29, 0.717) is 6.07 Å². The highest BCUT2D eigenvalue weighted by molar-refractivity contribution is 14.1. The highest BCUT2D eigenvalue weighted by Crippen LogP contribution is 2.24. The Kier molecular flexibility index (Phi) is 3.71. The van der Waals surface area contributed by atoms with E-state index >= 15 is 0 Å². The van der Waals surface area contributed by atoms with E-state index in [9.17, 15) is 18.0 Å². The van der Waals surface area contributed by atoms with Crippen molar-refractivity contribution >= 4 is 39.4 Å². The number of hydrogen-bond donors (Lipinski definition) is 0. The number of halogens is 5. The van der Waals surface area contributed by atoms with Crippen molar-refractivity contribution in [3.8, 4) is 0 Å². The van der Waals surface area contributed by atoms with Gasteiger partial charge in [-0.05, 0) is 40.3 Å². The second kappa shape index (κ2) is 4.43. The van der Waals surface area contributed by atoms with Crippen LogP contribution in [0, 0.1) is 9.65 Å². The summed E-state index contributed by atoms with van der Waals surface area (Å²) in [6.07, 6.45) is -3.02. The second-order valence-corrected chi connectivity index (χ2v) is 3.65. The van der Waals surface area contributed by atoms with Crippen molar-refractivity contribution in [2.45, 2.75) is 6.43 Å². The lowest BCUT2D eigenvalue weighted by molar-refractivity contribution is 0.107. The Morgan fingerprint density at radius 1 is 1.57 bits per heavy atom. The van der Waals surface area contributed by atoms with E-state index < -0.39 is 23.2 Å². The molecule has 0 bridgehead atoms. The molecular formula is C7H2ClF3INO. The zero-order chi connectivity index (χ0) is 10.9. The van der Waals surface area contributed by atoms with Crippen LogP contribution in [0.2, 0.25) is 0 Å². The van der Waals surface area contributed by atoms with Crippen molar-refractivity contribution in [1.29, 1.82) is 0 Å². The molecule has 1 rings (SSSR count). The molecule has 0 saturated heterocycles. The molecule has 0 aliphatic heterocycles. The first-order chi connectivity index (χ1) is 6.43. The minimum Gasteiger partial charge on any atom is -0.276 e. The van der Waals surface area contributed by atoms with E-state index in [0.717, 1.165) is 0 Å². The third-order valence-electron chi connectivity index (χ3n) is 1.40. The van der Waals surface area contributed by atoms with Crippen LogP contribution in [-0.2, 0) is 0 Å². The van der Waals surface area contributed by atoms with Crippen molar-refractivity contribution in [3.63, 3.8) is 0 Å². The molecule has 14 heavy (non-hydrogen) atoms. The molecule has 0 spiro atoms. The molecule has 0 saturated carbocycles. The lowest BCUT2D eigenvalue weighted by Crippen LogP contribution is -2.03. The molecule has 0 aliphatic rings. The largest absolute Gasteiger partial charge is 0.276 e. The molecular weight excluding hydrogens is 333 g/mol. The van der Waals surface area contributed by atoms with Gasteiger partial charge in [0.05, 0.1) is 11.1 Å². The van der Waals surface area contributed by atoms with Gasteiger partial charge in [0.15, 0.2) is 0 Å². The van der Waals surface area contributed by atoms with Crippen molar-refractivity contribution in [3.05, 3.63) is 26.8 Å². The molecule has 7 heteroatoms. The predicted molar refractivity (Wildman–Crippen MR) is 52.1 cm³/mol. The van der Waals surface area contributed by atoms with Gasteiger partial charge < -0.3 is 0 Å². The molecule has 0 N–H and O–H groups in total. The monoisotopic (exact) mass is 335 g/mol. The van der Waals surface area contributed by atoms with E-state index in [2.05, 4.69) is 4.98 Å². The Balaban J connectivity index is 3.34. The Morgan fingerprint density at radius 3 is 2.57 bits per heavy atom. The van der Waals surface area contributed by atoms with Crippen molar-refractivity contribution < 1.29 is 18.0 Å². The number of carbonyl (C=O) groups excluding carboxylic acids is 1. The van der Waals surface area contributed by atoms with Crippen LogP contribution in [-0.4, -0.2) is 10.2 Å². The van der Waals surface area contributed by atoms with Crippen LogP contribution in [0.3, 0.4) is 0 Å². The summed E-state index contributed by atoms with van der Waals surface area (Å²) in [7, 11) is 0. The standard InChI is InChI=1S/C7H2ClF3INO/c8-4(14)2-1-3(5(9)10)6(11)13-7(2)12/h1,5H. The fraction of sp³-hybridized carbons (Fsp3) is 0.143. The molecule has 1 heterocycles. The van der Waals surface area contributed by atoms with Crippen molar-refractivity contribution in [2.75, 3.05) is 0 Å². The van der Waals surface area contributed by atoms with Crippen molar-refractivity contribution in [1.82, 2.24) is 4.98 Å². The molecule has 0 fully saturated rings. The molecule has 0 aromatic carbocycles. The zero-order valence-electron chi connectivity index (χ0n) is 6.40. The molecule has 0 amide bonds. The third-order valence-corrected chi connectivity index (χ3v) is 2.43. The Labute approximate surface area is 95.6 Å². The van der Waals surface area contributed by atoms with Crippen LogP contribution in [0.1, 0.15) is 22.3 Å². The highest BCUT2D eigenvalue weighted by Gasteiger charge is 2.19. The molecule has 0 atom stereocenters. The van der Waals surface area contributed by atoms with Crippen LogP contribution in [0.5, 0.6) is 0 Å². The third kappa shape index (κ3) is 2.35. The van der Waals surface area contributed by atoms with Gasteiger partial charge in [0.25, 0.3) is 11.7 Å². The maximum atomic E-state index is 12.8. The number of pyridine rings is 1. The van der Waals surface area contributed by atoms with Crippen LogP contribution in [0.25, 0.3) is 0 Å². The van der Waals surface area contributed by atoms with Gasteiger partial charge in [-0.3, -0.25) is 4.79 Å². The quantitative estimate of drug-likeness (QED) is 0.472. The summed E-state index contributed by atoms with van der Waals surface area (Å²) < 4.78 is 37.1. The number of alkyl halides is 2. The summed E-state index contributed by atoms with van der Waals surface area (Å²) in [6.45, 7) is 0. The van der Waals surface area contributed by atoms with E-state index in [-0.39, 0.29) is 9.26 Å². The molecule has 1 aromatic heterocycles. The van der Waals surface area contributed by atoms with E-state index in [1.54, 1.807) is 22.6 Å². The van der Waals surface area contributed by atoms with E-state index in [1.807, 2.05) is 0 Å². The van der Waals surface area contributed by atoms with Crippen LogP contribution >= 0.6 is 34.2 Å². The number of hydrogen-bond acceptors (Lipinski definition) is 2. The average Bonchev–Trinajstić information content (AvgIpc) is 2.02. The first-order valence-electron chi connectivity index (χ1n) is 3.27. The molecule has 1 aromatic rings. The number of aromatic nitrogens is 1. The SMILES string of the molecule is O=C(Cl)c1cc(C(F)F)c(F)nc1I. The first kappa shape index (κ1) is 11.7. The lowest BCUT2D eigenvalue weighted by Gasteiger charge is -2.04. The van der Waals surface area contributed by atoms with Gasteiger partial charge in [0.1, 0.15) is 3.70 Å².